The molecule has 0 aliphatic heterocycles. The molecule has 8 atom stereocenters. The number of aliphatic hydroxyl groups is 1. The van der Waals surface area contributed by atoms with Gasteiger partial charge in [-0.15, -0.1) is 0 Å². The van der Waals surface area contributed by atoms with Crippen molar-refractivity contribution in [1.82, 2.24) is 0 Å². The molecule has 130 valence electrons. The van der Waals surface area contributed by atoms with E-state index in [-0.39, 0.29) is 17.4 Å². The molecule has 23 heavy (non-hydrogen) atoms. The van der Waals surface area contributed by atoms with E-state index in [2.05, 4.69) is 13.8 Å². The van der Waals surface area contributed by atoms with Gasteiger partial charge in [0.05, 0.1) is 6.10 Å². The van der Waals surface area contributed by atoms with E-state index in [0.29, 0.717) is 29.0 Å². The monoisotopic (exact) mass is 318 g/mol. The van der Waals surface area contributed by atoms with E-state index >= 15 is 0 Å². The average molecular weight is 319 g/mol. The van der Waals surface area contributed by atoms with Crippen LogP contribution >= 0.6 is 0 Å². The maximum atomic E-state index is 12.2. The number of rotatable bonds is 1. The number of ketones is 1. The summed E-state index contributed by atoms with van der Waals surface area (Å²) in [7, 11) is 0. The zero-order chi connectivity index (χ0) is 16.4. The van der Waals surface area contributed by atoms with Gasteiger partial charge in [-0.3, -0.25) is 4.79 Å². The maximum absolute atomic E-state index is 12.2. The molecule has 4 aliphatic carbocycles. The summed E-state index contributed by atoms with van der Waals surface area (Å²) in [4.78, 5) is 12.2. The molecule has 0 aromatic carbocycles. The van der Waals surface area contributed by atoms with Crippen LogP contribution in [-0.2, 0) is 4.79 Å². The third-order valence-corrected chi connectivity index (χ3v) is 9.00. The Morgan fingerprint density at radius 2 is 1.78 bits per heavy atom. The number of aliphatic hydroxyl groups excluding tert-OH is 1. The molecule has 4 saturated carbocycles. The summed E-state index contributed by atoms with van der Waals surface area (Å²) >= 11 is 0. The van der Waals surface area contributed by atoms with Crippen molar-refractivity contribution in [3.8, 4) is 0 Å². The molecule has 4 aliphatic rings. The molecule has 0 bridgehead atoms. The minimum Gasteiger partial charge on any atom is -0.393 e. The summed E-state index contributed by atoms with van der Waals surface area (Å²) in [6, 6.07) is 0. The van der Waals surface area contributed by atoms with Crippen LogP contribution in [0.1, 0.15) is 78.6 Å². The van der Waals surface area contributed by atoms with Crippen molar-refractivity contribution in [3.63, 3.8) is 0 Å². The van der Waals surface area contributed by atoms with Crippen LogP contribution in [0.2, 0.25) is 0 Å². The highest BCUT2D eigenvalue weighted by Gasteiger charge is 2.63. The summed E-state index contributed by atoms with van der Waals surface area (Å²) in [5.74, 6) is 3.21. The highest BCUT2D eigenvalue weighted by molar-refractivity contribution is 5.79. The quantitative estimate of drug-likeness (QED) is 0.767. The average Bonchev–Trinajstić information content (AvgIpc) is 2.82. The first kappa shape index (κ1) is 16.1. The molecular formula is C21H34O2. The van der Waals surface area contributed by atoms with Gasteiger partial charge in [-0.2, -0.15) is 0 Å². The highest BCUT2D eigenvalue weighted by Crippen LogP contribution is 2.67. The zero-order valence-electron chi connectivity index (χ0n) is 15.2. The molecule has 0 radical (unpaired) electrons. The predicted octanol–water partition coefficient (Wildman–Crippen LogP) is 4.60. The van der Waals surface area contributed by atoms with Crippen molar-refractivity contribution >= 4 is 5.78 Å². The summed E-state index contributed by atoms with van der Waals surface area (Å²) in [5, 5.41) is 11.2. The Balaban J connectivity index is 1.69. The lowest BCUT2D eigenvalue weighted by atomic mass is 9.44. The van der Waals surface area contributed by atoms with Crippen molar-refractivity contribution in [2.24, 2.45) is 40.4 Å². The number of fused-ring (bicyclic) bond motifs is 5. The molecule has 4 fully saturated rings. The first-order valence-electron chi connectivity index (χ1n) is 10.1. The number of carbonyl (C=O) groups excluding carboxylic acids is 1. The van der Waals surface area contributed by atoms with Gasteiger partial charge in [-0.05, 0) is 86.4 Å². The van der Waals surface area contributed by atoms with Crippen molar-refractivity contribution in [1.29, 1.82) is 0 Å². The van der Waals surface area contributed by atoms with Gasteiger partial charge < -0.3 is 5.11 Å². The van der Waals surface area contributed by atoms with Gasteiger partial charge in [-0.25, -0.2) is 0 Å². The fourth-order valence-electron chi connectivity index (χ4n) is 8.09. The summed E-state index contributed by atoms with van der Waals surface area (Å²) in [6.07, 6.45) is 11.1. The smallest absolute Gasteiger partial charge is 0.133 e. The molecule has 4 rings (SSSR count). The Morgan fingerprint density at radius 3 is 2.52 bits per heavy atom. The van der Waals surface area contributed by atoms with Crippen LogP contribution in [-0.4, -0.2) is 17.0 Å². The van der Waals surface area contributed by atoms with Crippen LogP contribution in [0.4, 0.5) is 0 Å². The van der Waals surface area contributed by atoms with Gasteiger partial charge in [0.25, 0.3) is 0 Å². The van der Waals surface area contributed by atoms with Gasteiger partial charge in [0.1, 0.15) is 5.78 Å². The Morgan fingerprint density at radius 1 is 1.00 bits per heavy atom. The molecule has 0 amide bonds. The van der Waals surface area contributed by atoms with E-state index in [9.17, 15) is 9.90 Å². The molecule has 0 spiro atoms. The normalized spacial score (nSPS) is 55.7. The number of hydrogen-bond donors (Lipinski definition) is 1. The minimum atomic E-state index is -0.188. The van der Waals surface area contributed by atoms with Crippen molar-refractivity contribution in [3.05, 3.63) is 0 Å². The molecule has 0 saturated heterocycles. The molecule has 2 nitrogen and oxygen atoms in total. The third kappa shape index (κ3) is 2.12. The van der Waals surface area contributed by atoms with Crippen LogP contribution in [0.3, 0.4) is 0 Å². The van der Waals surface area contributed by atoms with Crippen molar-refractivity contribution in [2.75, 3.05) is 0 Å². The maximum Gasteiger partial charge on any atom is 0.133 e. The Kier molecular flexibility index (Phi) is 3.72. The second-order valence-electron chi connectivity index (χ2n) is 9.84. The molecule has 0 unspecified atom stereocenters. The van der Waals surface area contributed by atoms with Crippen LogP contribution < -0.4 is 0 Å². The summed E-state index contributed by atoms with van der Waals surface area (Å²) in [5.41, 5.74) is 0.417. The van der Waals surface area contributed by atoms with Gasteiger partial charge in [0.2, 0.25) is 0 Å². The number of carbonyl (C=O) groups is 1. The van der Waals surface area contributed by atoms with E-state index in [1.807, 2.05) is 0 Å². The standard InChI is InChI=1S/C21H34O2/c1-13(22)16-9-10-17-15-8-7-14-6-4-5-11-20(14,2)19(15)18(23)12-21(16,17)3/h14-19,23H,4-12H2,1-3H3/t14-,15+,16+,17-,18+,19+,20+,21-/m1/s1. The van der Waals surface area contributed by atoms with E-state index in [1.165, 1.54) is 44.9 Å². The zero-order valence-corrected chi connectivity index (χ0v) is 15.2. The van der Waals surface area contributed by atoms with Crippen molar-refractivity contribution in [2.45, 2.75) is 84.7 Å². The lowest BCUT2D eigenvalue weighted by molar-refractivity contribution is -0.170. The Labute approximate surface area is 141 Å². The Bertz CT molecular complexity index is 500. The van der Waals surface area contributed by atoms with Crippen LogP contribution in [0.15, 0.2) is 0 Å². The van der Waals surface area contributed by atoms with Crippen LogP contribution in [0, 0.1) is 40.4 Å². The fourth-order valence-corrected chi connectivity index (χ4v) is 8.09. The molecule has 1 N–H and O–H groups in total. The number of Topliss-reactive ketones (excluding diaryl/α,β-unsaturated/α-hetero) is 1. The summed E-state index contributed by atoms with van der Waals surface area (Å²) < 4.78 is 0. The molecule has 2 heteroatoms. The molecule has 0 aromatic rings. The predicted molar refractivity (Wildman–Crippen MR) is 91.9 cm³/mol. The van der Waals surface area contributed by atoms with Gasteiger partial charge in [-0.1, -0.05) is 26.7 Å². The van der Waals surface area contributed by atoms with Crippen LogP contribution in [0.5, 0.6) is 0 Å². The number of hydrogen-bond acceptors (Lipinski definition) is 2. The highest BCUT2D eigenvalue weighted by atomic mass is 16.3. The summed E-state index contributed by atoms with van der Waals surface area (Å²) in [6.45, 7) is 6.60. The van der Waals surface area contributed by atoms with Crippen LogP contribution in [0.25, 0.3) is 0 Å². The van der Waals surface area contributed by atoms with E-state index in [1.54, 1.807) is 6.92 Å². The second kappa shape index (κ2) is 5.31. The fraction of sp³-hybridized carbons (Fsp3) is 0.952. The van der Waals surface area contributed by atoms with E-state index < -0.39 is 0 Å². The first-order chi connectivity index (χ1) is 10.9. The molecular weight excluding hydrogens is 284 g/mol. The lowest BCUT2D eigenvalue weighted by Crippen LogP contribution is -2.58. The van der Waals surface area contributed by atoms with Crippen molar-refractivity contribution < 1.29 is 9.90 Å². The lowest BCUT2D eigenvalue weighted by Gasteiger charge is -2.62. The Hall–Kier alpha value is -0.370. The van der Waals surface area contributed by atoms with E-state index in [4.69, 9.17) is 0 Å². The van der Waals surface area contributed by atoms with E-state index in [0.717, 1.165) is 18.8 Å². The molecule has 0 heterocycles. The third-order valence-electron chi connectivity index (χ3n) is 9.00. The minimum absolute atomic E-state index is 0.0598. The second-order valence-corrected chi connectivity index (χ2v) is 9.84. The van der Waals surface area contributed by atoms with Gasteiger partial charge in [0, 0.05) is 5.92 Å². The van der Waals surface area contributed by atoms with Gasteiger partial charge >= 0.3 is 0 Å². The topological polar surface area (TPSA) is 37.3 Å². The SMILES string of the molecule is CC(=O)[C@@H]1CC[C@@H]2[C@@H]3CC[C@H]4CCCC[C@]4(C)[C@@H]3[C@@H](O)C[C@@]21C. The first-order valence-corrected chi connectivity index (χ1v) is 10.1. The van der Waals surface area contributed by atoms with Gasteiger partial charge in [0.15, 0.2) is 0 Å². The largest absolute Gasteiger partial charge is 0.393 e. The molecule has 0 aromatic heterocycles.